The lowest BCUT2D eigenvalue weighted by Crippen LogP contribution is -2.00. The summed E-state index contributed by atoms with van der Waals surface area (Å²) in [6.45, 7) is 68.8. The summed E-state index contributed by atoms with van der Waals surface area (Å²) in [5.41, 5.74) is 20.0. The summed E-state index contributed by atoms with van der Waals surface area (Å²) in [4.78, 5) is 21.9. The summed E-state index contributed by atoms with van der Waals surface area (Å²) in [5.74, 6) is 9.88. The number of methoxy groups -OCH3 is 2. The summed E-state index contributed by atoms with van der Waals surface area (Å²) in [7, 11) is 3.44. The SMILES string of the molecule is CC(C)c1ccc(C(C)C)c(C#N)c1.CC(C)c1ccc(C(C)C)c(F)c1.CC(C)c1ccc(C(C)C)cc1.CC(C)c1ccc(C(C)C)nc1.CC(C)c1ccc(C(C)C)nc1.CC(C)c1cnc(C(C)C)cn1.COc1cc(C(C)C)ccc1C(C)C.COc1cc(C(C)C)cnc1C(C)C. The number of aromatic nitrogens is 5. The third-order valence-electron chi connectivity index (χ3n) is 18.0. The van der Waals surface area contributed by atoms with E-state index in [0.29, 0.717) is 88.8 Å². The number of nitrogens with zero attached hydrogens (tertiary/aromatic N) is 6. The van der Waals surface area contributed by atoms with Gasteiger partial charge in [0.1, 0.15) is 17.3 Å². The zero-order valence-electron chi connectivity index (χ0n) is 70.9. The summed E-state index contributed by atoms with van der Waals surface area (Å²) in [5, 5.41) is 9.02. The predicted octanol–water partition coefficient (Wildman–Crippen LogP) is 28.5. The minimum atomic E-state index is -0.0683. The molecule has 0 fully saturated rings. The van der Waals surface area contributed by atoms with E-state index in [4.69, 9.17) is 14.7 Å². The number of nitriles is 1. The maximum atomic E-state index is 13.5. The molecule has 103 heavy (non-hydrogen) atoms. The number of hydrogen-bond acceptors (Lipinski definition) is 8. The predicted molar refractivity (Wildman–Crippen MR) is 444 cm³/mol. The molecule has 0 aliphatic heterocycles. The fourth-order valence-electron chi connectivity index (χ4n) is 10.3. The Bertz CT molecular complexity index is 3250. The maximum absolute atomic E-state index is 13.5. The van der Waals surface area contributed by atoms with Crippen LogP contribution in [-0.2, 0) is 0 Å². The summed E-state index contributed by atoms with van der Waals surface area (Å²) >= 11 is 0. The molecule has 4 aromatic carbocycles. The third kappa shape index (κ3) is 33.8. The standard InChI is InChI=1S/C13H17N.C13H20O.C12H17F.C12H19NO.C12H18.2C11H17N.C10H16N2/c1-9(2)11-5-6-13(10(3)4)12(7-11)8-14;1-9(2)11-6-7-12(10(3)4)13(8-11)14-5;1-8(2)10-5-6-11(9(3)4)12(13)7-10;1-8(2)10-6-11(14-5)12(9(3)4)13-7-10;1-9(2)11-5-7-12(8-6-11)10(3)4;2*1-8(2)10-5-6-11(9(3)4)12-7-10;1-7(2)9-5-12-10(6-11-9)8(3)4/h5-7,9-10H,1-4H3;6-10H,1-5H3;5-9H,1-4H3;6-9H,1-5H3;5-10H,1-4H3;2*5-9H,1-4H3;5-8H,1-4H3. The minimum absolute atomic E-state index is 0.0683. The molecule has 566 valence electrons. The van der Waals surface area contributed by atoms with Crippen LogP contribution in [0.1, 0.15) is 411 Å². The molecule has 0 atom stereocenters. The fraction of sp³-hybridized carbons (Fsp3) is 0.532. The molecule has 0 saturated carbocycles. The molecule has 0 amide bonds. The monoisotopic (exact) mass is 1410 g/mol. The van der Waals surface area contributed by atoms with E-state index in [2.05, 4.69) is 324 Å². The van der Waals surface area contributed by atoms with Crippen LogP contribution in [0.15, 0.2) is 140 Å². The molecular formula is C94H141FN6O2. The van der Waals surface area contributed by atoms with Crippen molar-refractivity contribution in [3.8, 4) is 17.6 Å². The highest BCUT2D eigenvalue weighted by atomic mass is 19.1. The first kappa shape index (κ1) is 93.4. The van der Waals surface area contributed by atoms with Crippen LogP contribution in [-0.4, -0.2) is 39.1 Å². The van der Waals surface area contributed by atoms with Crippen LogP contribution in [0.2, 0.25) is 0 Å². The summed E-state index contributed by atoms with van der Waals surface area (Å²) in [6, 6.07) is 40.2. The topological polar surface area (TPSA) is 107 Å². The Morgan fingerprint density at radius 1 is 0.262 bits per heavy atom. The van der Waals surface area contributed by atoms with Gasteiger partial charge < -0.3 is 9.47 Å². The summed E-state index contributed by atoms with van der Waals surface area (Å²) < 4.78 is 24.2. The van der Waals surface area contributed by atoms with Gasteiger partial charge in [0.2, 0.25) is 0 Å². The summed E-state index contributed by atoms with van der Waals surface area (Å²) in [6.07, 6.45) is 9.67. The zero-order valence-corrected chi connectivity index (χ0v) is 70.9. The molecule has 8 aromatic rings. The first-order valence-corrected chi connectivity index (χ1v) is 38.5. The number of rotatable bonds is 18. The zero-order chi connectivity index (χ0) is 78.7. The van der Waals surface area contributed by atoms with E-state index in [9.17, 15) is 4.39 Å². The highest BCUT2D eigenvalue weighted by Gasteiger charge is 2.15. The molecule has 8 nitrogen and oxygen atoms in total. The van der Waals surface area contributed by atoms with Crippen LogP contribution >= 0.6 is 0 Å². The second kappa shape index (κ2) is 47.7. The van der Waals surface area contributed by atoms with Crippen molar-refractivity contribution < 1.29 is 13.9 Å². The van der Waals surface area contributed by atoms with Crippen molar-refractivity contribution in [1.82, 2.24) is 24.9 Å². The van der Waals surface area contributed by atoms with E-state index in [0.717, 1.165) is 50.8 Å². The minimum Gasteiger partial charge on any atom is -0.496 e. The first-order chi connectivity index (χ1) is 48.1. The van der Waals surface area contributed by atoms with Crippen LogP contribution in [0.3, 0.4) is 0 Å². The lowest BCUT2D eigenvalue weighted by atomic mass is 9.93. The van der Waals surface area contributed by atoms with Gasteiger partial charge in [0, 0.05) is 42.4 Å². The van der Waals surface area contributed by atoms with Gasteiger partial charge in [0.25, 0.3) is 0 Å². The molecule has 0 aliphatic rings. The van der Waals surface area contributed by atoms with Crippen molar-refractivity contribution >= 4 is 0 Å². The number of pyridine rings is 3. The Labute approximate surface area is 629 Å². The Kier molecular flexibility index (Phi) is 43.3. The van der Waals surface area contributed by atoms with Crippen molar-refractivity contribution in [3.63, 3.8) is 0 Å². The van der Waals surface area contributed by atoms with E-state index in [-0.39, 0.29) is 11.7 Å². The average molecular weight is 1410 g/mol. The van der Waals surface area contributed by atoms with Gasteiger partial charge in [-0.1, -0.05) is 294 Å². The Morgan fingerprint density at radius 3 is 0.835 bits per heavy atom. The van der Waals surface area contributed by atoms with Crippen molar-refractivity contribution in [2.24, 2.45) is 0 Å². The van der Waals surface area contributed by atoms with Gasteiger partial charge in [-0.25, -0.2) is 4.39 Å². The lowest BCUT2D eigenvalue weighted by molar-refractivity contribution is 0.403. The van der Waals surface area contributed by atoms with Crippen molar-refractivity contribution in [3.05, 3.63) is 241 Å². The quantitative estimate of drug-likeness (QED) is 0.0836. The Morgan fingerprint density at radius 2 is 0.553 bits per heavy atom. The van der Waals surface area contributed by atoms with Gasteiger partial charge >= 0.3 is 0 Å². The van der Waals surface area contributed by atoms with Crippen molar-refractivity contribution in [1.29, 1.82) is 5.26 Å². The third-order valence-corrected chi connectivity index (χ3v) is 18.0. The number of ether oxygens (including phenoxy) is 2. The Hall–Kier alpha value is -7.57. The first-order valence-electron chi connectivity index (χ1n) is 38.5. The smallest absolute Gasteiger partial charge is 0.140 e. The van der Waals surface area contributed by atoms with Crippen molar-refractivity contribution in [2.75, 3.05) is 14.2 Å². The molecule has 0 unspecified atom stereocenters. The van der Waals surface area contributed by atoms with E-state index in [1.807, 2.05) is 63.0 Å². The fourth-order valence-corrected chi connectivity index (χ4v) is 10.3. The van der Waals surface area contributed by atoms with Gasteiger partial charge in [0.05, 0.1) is 42.9 Å². The van der Waals surface area contributed by atoms with Gasteiger partial charge in [-0.15, -0.1) is 0 Å². The average Bonchev–Trinajstić information content (AvgIpc) is 0.850. The number of benzene rings is 4. The highest BCUT2D eigenvalue weighted by molar-refractivity contribution is 5.44. The van der Waals surface area contributed by atoms with Crippen LogP contribution < -0.4 is 9.47 Å². The molecule has 0 N–H and O–H groups in total. The van der Waals surface area contributed by atoms with E-state index in [1.54, 1.807) is 20.3 Å². The van der Waals surface area contributed by atoms with E-state index < -0.39 is 0 Å². The van der Waals surface area contributed by atoms with Gasteiger partial charge in [0.15, 0.2) is 0 Å². The number of halogens is 1. The Balaban J connectivity index is 0.000000589. The van der Waals surface area contributed by atoms with Crippen molar-refractivity contribution in [2.45, 2.75) is 316 Å². The number of hydrogen-bond donors (Lipinski definition) is 0. The van der Waals surface area contributed by atoms with Crippen LogP contribution in [0.5, 0.6) is 11.5 Å². The molecule has 0 saturated heterocycles. The molecule has 0 aliphatic carbocycles. The normalized spacial score (nSPS) is 11.1. The largest absolute Gasteiger partial charge is 0.496 e. The highest BCUT2D eigenvalue weighted by Crippen LogP contribution is 2.32. The molecule has 8 rings (SSSR count). The second-order valence-corrected chi connectivity index (χ2v) is 32.1. The second-order valence-electron chi connectivity index (χ2n) is 32.1. The molecule has 0 spiro atoms. The van der Waals surface area contributed by atoms with Crippen LogP contribution in [0.4, 0.5) is 4.39 Å². The van der Waals surface area contributed by atoms with Gasteiger partial charge in [-0.3, -0.25) is 24.9 Å². The maximum Gasteiger partial charge on any atom is 0.140 e. The molecule has 9 heteroatoms. The molecule has 0 bridgehead atoms. The van der Waals surface area contributed by atoms with Crippen LogP contribution in [0.25, 0.3) is 0 Å². The van der Waals surface area contributed by atoms with Gasteiger partial charge in [-0.2, -0.15) is 5.26 Å². The molecule has 0 radical (unpaired) electrons. The molecular weight excluding hydrogens is 1260 g/mol. The lowest BCUT2D eigenvalue weighted by Gasteiger charge is -2.14. The molecule has 4 aromatic heterocycles. The van der Waals surface area contributed by atoms with E-state index in [1.165, 1.54) is 55.9 Å². The molecule has 4 heterocycles. The van der Waals surface area contributed by atoms with Crippen LogP contribution in [0, 0.1) is 17.1 Å². The van der Waals surface area contributed by atoms with Gasteiger partial charge in [-0.05, 0) is 192 Å². The van der Waals surface area contributed by atoms with E-state index >= 15 is 0 Å².